The van der Waals surface area contributed by atoms with Gasteiger partial charge in [0.1, 0.15) is 11.5 Å². The van der Waals surface area contributed by atoms with Crippen molar-refractivity contribution in [2.24, 2.45) is 0 Å². The van der Waals surface area contributed by atoms with Gasteiger partial charge in [-0.15, -0.1) is 0 Å². The molecule has 0 radical (unpaired) electrons. The Labute approximate surface area is 164 Å². The van der Waals surface area contributed by atoms with Gasteiger partial charge >= 0.3 is 5.97 Å². The van der Waals surface area contributed by atoms with E-state index in [2.05, 4.69) is 6.92 Å². The van der Waals surface area contributed by atoms with Crippen LogP contribution in [0.15, 0.2) is 48.5 Å². The number of unbranched alkanes of at least 4 members (excludes halogenated alkanes) is 1. The van der Waals surface area contributed by atoms with Crippen LogP contribution in [0.5, 0.6) is 11.5 Å². The molecule has 0 aliphatic carbocycles. The van der Waals surface area contributed by atoms with Crippen molar-refractivity contribution in [2.45, 2.75) is 33.1 Å². The molecule has 0 spiro atoms. The molecule has 0 unspecified atom stereocenters. The molecule has 0 aromatic heterocycles. The van der Waals surface area contributed by atoms with Gasteiger partial charge in [-0.3, -0.25) is 0 Å². The lowest BCUT2D eigenvalue weighted by molar-refractivity contribution is -0.137. The predicted octanol–water partition coefficient (Wildman–Crippen LogP) is 6.92. The minimum atomic E-state index is -0.327. The van der Waals surface area contributed by atoms with E-state index >= 15 is 0 Å². The zero-order chi connectivity index (χ0) is 18.9. The van der Waals surface area contributed by atoms with Gasteiger partial charge in [-0.05, 0) is 61.2 Å². The lowest BCUT2D eigenvalue weighted by atomic mass is 9.99. The minimum absolute atomic E-state index is 0.327. The third-order valence-corrected chi connectivity index (χ3v) is 4.09. The van der Waals surface area contributed by atoms with Gasteiger partial charge in [0, 0.05) is 16.1 Å². The van der Waals surface area contributed by atoms with Crippen molar-refractivity contribution in [3.05, 3.63) is 64.1 Å². The largest absolute Gasteiger partial charge is 0.463 e. The number of hydrogen-bond donors (Lipinski definition) is 0. The molecule has 0 aliphatic rings. The summed E-state index contributed by atoms with van der Waals surface area (Å²) >= 11 is 12.0. The van der Waals surface area contributed by atoms with Gasteiger partial charge in [0.05, 0.1) is 6.61 Å². The van der Waals surface area contributed by atoms with Gasteiger partial charge in [0.15, 0.2) is 0 Å². The molecular formula is C21H22Cl2O3. The molecule has 5 heteroatoms. The van der Waals surface area contributed by atoms with Crippen LogP contribution < -0.4 is 4.74 Å². The number of ether oxygens (including phenoxy) is 2. The molecule has 0 bridgehead atoms. The quantitative estimate of drug-likeness (QED) is 0.361. The fraction of sp³-hybridized carbons (Fsp3) is 0.286. The fourth-order valence-corrected chi connectivity index (χ4v) is 2.98. The van der Waals surface area contributed by atoms with Crippen LogP contribution in [0.3, 0.4) is 0 Å². The van der Waals surface area contributed by atoms with E-state index in [1.807, 2.05) is 24.3 Å². The van der Waals surface area contributed by atoms with Crippen LogP contribution in [0, 0.1) is 0 Å². The third kappa shape index (κ3) is 6.40. The Kier molecular flexibility index (Phi) is 8.02. The first kappa shape index (κ1) is 20.3. The molecule has 0 amide bonds. The average molecular weight is 393 g/mol. The first-order valence-corrected chi connectivity index (χ1v) is 9.39. The summed E-state index contributed by atoms with van der Waals surface area (Å²) < 4.78 is 10.9. The van der Waals surface area contributed by atoms with Gasteiger partial charge in [-0.2, -0.15) is 0 Å². The Morgan fingerprint density at radius 2 is 1.77 bits per heavy atom. The summed E-state index contributed by atoms with van der Waals surface area (Å²) in [6.07, 6.45) is 4.38. The summed E-state index contributed by atoms with van der Waals surface area (Å²) in [4.78, 5) is 11.9. The topological polar surface area (TPSA) is 35.5 Å². The fourth-order valence-electron chi connectivity index (χ4n) is 2.48. The molecule has 0 N–H and O–H groups in total. The maximum Gasteiger partial charge on any atom is 0.331 e. The number of hydrogen-bond acceptors (Lipinski definition) is 3. The van der Waals surface area contributed by atoms with E-state index in [4.69, 9.17) is 32.7 Å². The van der Waals surface area contributed by atoms with Crippen molar-refractivity contribution in [1.82, 2.24) is 0 Å². The van der Waals surface area contributed by atoms with Crippen molar-refractivity contribution in [3.8, 4) is 11.5 Å². The SMILES string of the molecule is CCCC/C(=C\C(=O)OCC)c1cccc(Oc2cc(Cl)cc(Cl)c2)c1. The van der Waals surface area contributed by atoms with Gasteiger partial charge in [0.2, 0.25) is 0 Å². The molecule has 0 saturated carbocycles. The summed E-state index contributed by atoms with van der Waals surface area (Å²) in [7, 11) is 0. The van der Waals surface area contributed by atoms with Crippen LogP contribution in [0.4, 0.5) is 0 Å². The number of halogens is 2. The summed E-state index contributed by atoms with van der Waals surface area (Å²) in [6, 6.07) is 12.6. The zero-order valence-electron chi connectivity index (χ0n) is 14.9. The van der Waals surface area contributed by atoms with Crippen molar-refractivity contribution in [2.75, 3.05) is 6.61 Å². The van der Waals surface area contributed by atoms with Crippen molar-refractivity contribution < 1.29 is 14.3 Å². The predicted molar refractivity (Wildman–Crippen MR) is 107 cm³/mol. The second-order valence-corrected chi connectivity index (χ2v) is 6.63. The lowest BCUT2D eigenvalue weighted by Crippen LogP contribution is -2.01. The van der Waals surface area contributed by atoms with Crippen LogP contribution in [-0.2, 0) is 9.53 Å². The van der Waals surface area contributed by atoms with Gasteiger partial charge < -0.3 is 9.47 Å². The van der Waals surface area contributed by atoms with Gasteiger partial charge in [0.25, 0.3) is 0 Å². The monoisotopic (exact) mass is 392 g/mol. The molecule has 26 heavy (non-hydrogen) atoms. The number of carbonyl (C=O) groups is 1. The van der Waals surface area contributed by atoms with E-state index in [1.54, 1.807) is 31.2 Å². The summed E-state index contributed by atoms with van der Waals surface area (Å²) in [6.45, 7) is 4.27. The standard InChI is InChI=1S/C21H22Cl2O3/c1-3-5-7-16(11-21(24)25-4-2)15-8-6-9-19(10-15)26-20-13-17(22)12-18(23)14-20/h6,8-14H,3-5,7H2,1-2H3/b16-11+. The summed E-state index contributed by atoms with van der Waals surface area (Å²) in [5.74, 6) is 0.878. The minimum Gasteiger partial charge on any atom is -0.463 e. The Bertz CT molecular complexity index is 764. The molecule has 2 aromatic carbocycles. The number of benzene rings is 2. The van der Waals surface area contributed by atoms with E-state index in [0.717, 1.165) is 30.4 Å². The first-order chi connectivity index (χ1) is 12.5. The number of carbonyl (C=O) groups excluding carboxylic acids is 1. The van der Waals surface area contributed by atoms with Crippen LogP contribution in [-0.4, -0.2) is 12.6 Å². The number of esters is 1. The smallest absolute Gasteiger partial charge is 0.331 e. The average Bonchev–Trinajstić information content (AvgIpc) is 2.58. The maximum absolute atomic E-state index is 11.9. The molecule has 138 valence electrons. The lowest BCUT2D eigenvalue weighted by Gasteiger charge is -2.11. The molecule has 2 aromatic rings. The van der Waals surface area contributed by atoms with Gasteiger partial charge in [-0.25, -0.2) is 4.79 Å². The molecule has 0 heterocycles. The molecule has 0 aliphatic heterocycles. The van der Waals surface area contributed by atoms with Crippen molar-refractivity contribution >= 4 is 34.7 Å². The van der Waals surface area contributed by atoms with Gasteiger partial charge in [-0.1, -0.05) is 48.7 Å². The Morgan fingerprint density at radius 3 is 2.42 bits per heavy atom. The van der Waals surface area contributed by atoms with E-state index in [0.29, 0.717) is 28.2 Å². The van der Waals surface area contributed by atoms with Crippen molar-refractivity contribution in [3.63, 3.8) is 0 Å². The highest BCUT2D eigenvalue weighted by molar-refractivity contribution is 6.34. The van der Waals surface area contributed by atoms with Crippen LogP contribution in [0.25, 0.3) is 5.57 Å². The summed E-state index contributed by atoms with van der Waals surface area (Å²) in [5.41, 5.74) is 1.86. The highest BCUT2D eigenvalue weighted by Gasteiger charge is 2.08. The zero-order valence-corrected chi connectivity index (χ0v) is 16.4. The Hall–Kier alpha value is -1.97. The normalized spacial score (nSPS) is 11.3. The van der Waals surface area contributed by atoms with E-state index in [9.17, 15) is 4.79 Å². The molecular weight excluding hydrogens is 371 g/mol. The van der Waals surface area contributed by atoms with Crippen LogP contribution in [0.1, 0.15) is 38.7 Å². The molecule has 0 atom stereocenters. The number of allylic oxidation sites excluding steroid dienone is 1. The van der Waals surface area contributed by atoms with E-state index in [1.165, 1.54) is 0 Å². The Morgan fingerprint density at radius 1 is 1.04 bits per heavy atom. The molecule has 2 rings (SSSR count). The molecule has 0 fully saturated rings. The van der Waals surface area contributed by atoms with E-state index < -0.39 is 0 Å². The second-order valence-electron chi connectivity index (χ2n) is 5.76. The highest BCUT2D eigenvalue weighted by atomic mass is 35.5. The molecule has 0 saturated heterocycles. The van der Waals surface area contributed by atoms with E-state index in [-0.39, 0.29) is 5.97 Å². The number of rotatable bonds is 8. The highest BCUT2D eigenvalue weighted by Crippen LogP contribution is 2.30. The van der Waals surface area contributed by atoms with Crippen molar-refractivity contribution in [1.29, 1.82) is 0 Å². The second kappa shape index (κ2) is 10.2. The van der Waals surface area contributed by atoms with Crippen LogP contribution in [0.2, 0.25) is 10.0 Å². The third-order valence-electron chi connectivity index (χ3n) is 3.65. The molecule has 3 nitrogen and oxygen atoms in total. The van der Waals surface area contributed by atoms with Crippen LogP contribution >= 0.6 is 23.2 Å². The maximum atomic E-state index is 11.9. The summed E-state index contributed by atoms with van der Waals surface area (Å²) in [5, 5.41) is 1.02. The first-order valence-electron chi connectivity index (χ1n) is 8.63. The Balaban J connectivity index is 2.27.